The summed E-state index contributed by atoms with van der Waals surface area (Å²) in [5.41, 5.74) is 2.32. The van der Waals surface area contributed by atoms with Crippen molar-refractivity contribution in [3.05, 3.63) is 39.7 Å². The minimum atomic E-state index is -3.77. The summed E-state index contributed by atoms with van der Waals surface area (Å²) in [5, 5.41) is 4.04. The molecular formula is C19H22BrN3O4S. The minimum Gasteiger partial charge on any atom is -0.361 e. The summed E-state index contributed by atoms with van der Waals surface area (Å²) in [4.78, 5) is 14.1. The quantitative estimate of drug-likeness (QED) is 0.685. The first-order valence-electron chi connectivity index (χ1n) is 9.40. The Hall–Kier alpha value is -1.71. The normalized spacial score (nSPS) is 20.0. The summed E-state index contributed by atoms with van der Waals surface area (Å²) in [5.74, 6) is 0.660. The third-order valence-corrected chi connectivity index (χ3v) is 8.28. The molecule has 1 aromatic heterocycles. The van der Waals surface area contributed by atoms with Gasteiger partial charge in [-0.2, -0.15) is 4.31 Å². The molecule has 1 saturated heterocycles. The fourth-order valence-electron chi connectivity index (χ4n) is 4.03. The minimum absolute atomic E-state index is 0.00143. The predicted octanol–water partition coefficient (Wildman–Crippen LogP) is 3.57. The highest BCUT2D eigenvalue weighted by Gasteiger charge is 2.39. The lowest BCUT2D eigenvalue weighted by Crippen LogP contribution is -2.31. The average Bonchev–Trinajstić information content (AvgIpc) is 3.38. The Balaban J connectivity index is 1.74. The number of hydrogen-bond acceptors (Lipinski definition) is 5. The number of carbonyl (C=O) groups is 1. The summed E-state index contributed by atoms with van der Waals surface area (Å²) >= 11 is 3.44. The van der Waals surface area contributed by atoms with E-state index in [0.29, 0.717) is 47.5 Å². The summed E-state index contributed by atoms with van der Waals surface area (Å²) in [6.07, 6.45) is 2.58. The molecule has 2 aromatic rings. The molecular weight excluding hydrogens is 446 g/mol. The van der Waals surface area contributed by atoms with Gasteiger partial charge in [-0.25, -0.2) is 8.42 Å². The molecule has 4 rings (SSSR count). The fourth-order valence-corrected chi connectivity index (χ4v) is 6.77. The maximum absolute atomic E-state index is 13.5. The maximum atomic E-state index is 13.5. The summed E-state index contributed by atoms with van der Waals surface area (Å²) in [6, 6.07) is 4.92. The van der Waals surface area contributed by atoms with E-state index < -0.39 is 10.0 Å². The lowest BCUT2D eigenvalue weighted by Gasteiger charge is -2.24. The number of carbonyl (C=O) groups excluding carboxylic acids is 1. The maximum Gasteiger partial charge on any atom is 0.244 e. The van der Waals surface area contributed by atoms with Crippen LogP contribution in [0, 0.1) is 6.92 Å². The number of hydrogen-bond donors (Lipinski definition) is 0. The smallest absolute Gasteiger partial charge is 0.244 e. The van der Waals surface area contributed by atoms with E-state index in [0.717, 1.165) is 18.4 Å². The predicted molar refractivity (Wildman–Crippen MR) is 108 cm³/mol. The molecule has 1 unspecified atom stereocenters. The van der Waals surface area contributed by atoms with Crippen LogP contribution in [0.2, 0.25) is 0 Å². The molecule has 0 aliphatic carbocycles. The van der Waals surface area contributed by atoms with Crippen molar-refractivity contribution < 1.29 is 17.7 Å². The summed E-state index contributed by atoms with van der Waals surface area (Å²) in [7, 11) is -3.77. The van der Waals surface area contributed by atoms with Gasteiger partial charge in [-0.15, -0.1) is 0 Å². The second kappa shape index (κ2) is 7.27. The standard InChI is InChI=1S/C19H22BrN3O4S/c1-3-19(24)22-8-6-13-10-14(20)18(11-17(13)22)28(25,26)23-7-4-5-16(23)15-9-12(2)27-21-15/h9-11,16H,3-8H2,1-2H3. The molecule has 0 N–H and O–H groups in total. The van der Waals surface area contributed by atoms with Crippen molar-refractivity contribution in [1.82, 2.24) is 9.46 Å². The Labute approximate surface area is 172 Å². The highest BCUT2D eigenvalue weighted by molar-refractivity contribution is 9.10. The molecule has 7 nitrogen and oxygen atoms in total. The van der Waals surface area contributed by atoms with Crippen LogP contribution in [0.3, 0.4) is 0 Å². The van der Waals surface area contributed by atoms with Gasteiger partial charge in [-0.3, -0.25) is 4.79 Å². The van der Waals surface area contributed by atoms with E-state index >= 15 is 0 Å². The van der Waals surface area contributed by atoms with Crippen molar-refractivity contribution in [2.45, 2.75) is 50.5 Å². The van der Waals surface area contributed by atoms with Crippen LogP contribution in [0.1, 0.15) is 49.2 Å². The zero-order chi connectivity index (χ0) is 20.1. The van der Waals surface area contributed by atoms with Gasteiger partial charge in [0.1, 0.15) is 11.5 Å². The molecule has 0 bridgehead atoms. The van der Waals surface area contributed by atoms with Crippen molar-refractivity contribution in [2.24, 2.45) is 0 Å². The summed E-state index contributed by atoms with van der Waals surface area (Å²) in [6.45, 7) is 4.62. The van der Waals surface area contributed by atoms with Crippen LogP contribution in [0.5, 0.6) is 0 Å². The van der Waals surface area contributed by atoms with Crippen LogP contribution in [-0.2, 0) is 21.2 Å². The second-order valence-corrected chi connectivity index (χ2v) is 9.91. The lowest BCUT2D eigenvalue weighted by molar-refractivity contribution is -0.118. The lowest BCUT2D eigenvalue weighted by atomic mass is 10.1. The topological polar surface area (TPSA) is 83.7 Å². The van der Waals surface area contributed by atoms with Gasteiger partial charge in [-0.1, -0.05) is 12.1 Å². The van der Waals surface area contributed by atoms with E-state index in [2.05, 4.69) is 21.1 Å². The molecule has 0 radical (unpaired) electrons. The molecule has 1 aromatic carbocycles. The van der Waals surface area contributed by atoms with Crippen molar-refractivity contribution in [1.29, 1.82) is 0 Å². The molecule has 2 aliphatic rings. The van der Waals surface area contributed by atoms with Gasteiger partial charge < -0.3 is 9.42 Å². The Kier molecular flexibility index (Phi) is 5.09. The van der Waals surface area contributed by atoms with Gasteiger partial charge in [0, 0.05) is 35.7 Å². The molecule has 2 aliphatic heterocycles. The molecule has 1 amide bonds. The van der Waals surface area contributed by atoms with E-state index in [1.165, 1.54) is 4.31 Å². The Morgan fingerprint density at radius 2 is 2.11 bits per heavy atom. The Morgan fingerprint density at radius 3 is 2.79 bits per heavy atom. The van der Waals surface area contributed by atoms with Crippen molar-refractivity contribution in [3.63, 3.8) is 0 Å². The molecule has 1 atom stereocenters. The zero-order valence-corrected chi connectivity index (χ0v) is 18.2. The number of anilines is 1. The fraction of sp³-hybridized carbons (Fsp3) is 0.474. The number of rotatable bonds is 4. The van der Waals surface area contributed by atoms with E-state index in [1.807, 2.05) is 13.0 Å². The number of aryl methyl sites for hydroxylation is 1. The highest BCUT2D eigenvalue weighted by Crippen LogP contribution is 2.41. The molecule has 1 fully saturated rings. The number of fused-ring (bicyclic) bond motifs is 1. The number of sulfonamides is 1. The van der Waals surface area contributed by atoms with Gasteiger partial charge in [0.15, 0.2) is 0 Å². The molecule has 150 valence electrons. The van der Waals surface area contributed by atoms with Crippen molar-refractivity contribution in [3.8, 4) is 0 Å². The SMILES string of the molecule is CCC(=O)N1CCc2cc(Br)c(S(=O)(=O)N3CCCC3c3cc(C)on3)cc21. The number of nitrogens with zero attached hydrogens (tertiary/aromatic N) is 3. The second-order valence-electron chi connectivity index (χ2n) is 7.20. The van der Waals surface area contributed by atoms with Crippen LogP contribution in [0.4, 0.5) is 5.69 Å². The van der Waals surface area contributed by atoms with Crippen LogP contribution in [0.15, 0.2) is 32.1 Å². The highest BCUT2D eigenvalue weighted by atomic mass is 79.9. The van der Waals surface area contributed by atoms with Crippen molar-refractivity contribution in [2.75, 3.05) is 18.0 Å². The summed E-state index contributed by atoms with van der Waals surface area (Å²) < 4.78 is 34.2. The number of benzene rings is 1. The number of amides is 1. The third-order valence-electron chi connectivity index (χ3n) is 5.41. The first kappa shape index (κ1) is 19.6. The monoisotopic (exact) mass is 467 g/mol. The molecule has 0 saturated carbocycles. The third kappa shape index (κ3) is 3.19. The first-order valence-corrected chi connectivity index (χ1v) is 11.6. The number of aromatic nitrogens is 1. The van der Waals surface area contributed by atoms with E-state index in [9.17, 15) is 13.2 Å². The Bertz CT molecular complexity index is 1030. The van der Waals surface area contributed by atoms with Crippen LogP contribution in [-0.4, -0.2) is 36.9 Å². The molecule has 0 spiro atoms. The van der Waals surface area contributed by atoms with E-state index in [4.69, 9.17) is 4.52 Å². The van der Waals surface area contributed by atoms with E-state index in [1.54, 1.807) is 24.0 Å². The average molecular weight is 468 g/mol. The van der Waals surface area contributed by atoms with Gasteiger partial charge in [-0.05, 0) is 59.8 Å². The zero-order valence-electron chi connectivity index (χ0n) is 15.8. The molecule has 28 heavy (non-hydrogen) atoms. The van der Waals surface area contributed by atoms with Crippen LogP contribution < -0.4 is 4.90 Å². The van der Waals surface area contributed by atoms with Gasteiger partial charge >= 0.3 is 0 Å². The Morgan fingerprint density at radius 1 is 1.32 bits per heavy atom. The first-order chi connectivity index (χ1) is 13.3. The van der Waals surface area contributed by atoms with Crippen molar-refractivity contribution >= 4 is 37.5 Å². The van der Waals surface area contributed by atoms with Gasteiger partial charge in [0.2, 0.25) is 15.9 Å². The largest absolute Gasteiger partial charge is 0.361 e. The number of halogens is 1. The van der Waals surface area contributed by atoms with E-state index in [-0.39, 0.29) is 16.8 Å². The van der Waals surface area contributed by atoms with Gasteiger partial charge in [0.05, 0.1) is 10.9 Å². The van der Waals surface area contributed by atoms with Gasteiger partial charge in [0.25, 0.3) is 0 Å². The van der Waals surface area contributed by atoms with Crippen LogP contribution in [0.25, 0.3) is 0 Å². The molecule has 3 heterocycles. The van der Waals surface area contributed by atoms with Crippen LogP contribution >= 0.6 is 15.9 Å². The molecule has 9 heteroatoms.